The van der Waals surface area contributed by atoms with Gasteiger partial charge in [0.25, 0.3) is 11.8 Å². The first-order valence-electron chi connectivity index (χ1n) is 8.81. The molecule has 0 spiro atoms. The van der Waals surface area contributed by atoms with Crippen molar-refractivity contribution in [2.75, 3.05) is 13.2 Å². The molecular formula is C21H24N2O5. The Morgan fingerprint density at radius 3 is 2.43 bits per heavy atom. The van der Waals surface area contributed by atoms with Gasteiger partial charge in [-0.1, -0.05) is 30.3 Å². The van der Waals surface area contributed by atoms with Crippen LogP contribution in [-0.2, 0) is 14.3 Å². The molecule has 7 heteroatoms. The van der Waals surface area contributed by atoms with Crippen molar-refractivity contribution in [2.24, 2.45) is 5.73 Å². The lowest BCUT2D eigenvalue weighted by Crippen LogP contribution is -2.32. The van der Waals surface area contributed by atoms with Gasteiger partial charge in [0.2, 0.25) is 0 Å². The number of amides is 2. The Morgan fingerprint density at radius 2 is 1.75 bits per heavy atom. The predicted octanol–water partition coefficient (Wildman–Crippen LogP) is 2.20. The molecule has 0 saturated heterocycles. The molecule has 3 N–H and O–H groups in total. The minimum Gasteiger partial charge on any atom is -0.481 e. The molecule has 0 bridgehead atoms. The number of nitrogens with one attached hydrogen (secondary N) is 1. The molecule has 2 amide bonds. The number of para-hydroxylation sites is 1. The number of carbonyl (C=O) groups excluding carboxylic acids is 3. The zero-order valence-electron chi connectivity index (χ0n) is 16.2. The molecule has 0 aromatic heterocycles. The van der Waals surface area contributed by atoms with Crippen LogP contribution in [0.3, 0.4) is 0 Å². The van der Waals surface area contributed by atoms with Crippen LogP contribution >= 0.6 is 0 Å². The van der Waals surface area contributed by atoms with Crippen molar-refractivity contribution >= 4 is 17.8 Å². The number of nitrogens with two attached hydrogens (primary N) is 1. The molecule has 2 aromatic carbocycles. The Kier molecular flexibility index (Phi) is 7.14. The van der Waals surface area contributed by atoms with Gasteiger partial charge in [-0.3, -0.25) is 9.59 Å². The molecule has 0 aliphatic rings. The van der Waals surface area contributed by atoms with E-state index in [1.165, 1.54) is 17.7 Å². The Morgan fingerprint density at radius 1 is 1.04 bits per heavy atom. The summed E-state index contributed by atoms with van der Waals surface area (Å²) in [6.45, 7) is 5.02. The third kappa shape index (κ3) is 5.84. The van der Waals surface area contributed by atoms with Crippen LogP contribution in [0.25, 0.3) is 0 Å². The number of rotatable bonds is 8. The van der Waals surface area contributed by atoms with Gasteiger partial charge in [-0.05, 0) is 49.6 Å². The summed E-state index contributed by atoms with van der Waals surface area (Å²) < 4.78 is 10.2. The molecule has 0 aliphatic heterocycles. The summed E-state index contributed by atoms with van der Waals surface area (Å²) >= 11 is 0. The summed E-state index contributed by atoms with van der Waals surface area (Å²) in [6, 6.07) is 12.0. The molecular weight excluding hydrogens is 360 g/mol. The highest BCUT2D eigenvalue weighted by atomic mass is 16.6. The number of hydrogen-bond acceptors (Lipinski definition) is 5. The SMILES string of the molecule is Cc1ccc([C@@H](C)NC(=O)COC(=O)COc2ccccc2C(N)=O)cc1C. The Labute approximate surface area is 163 Å². The zero-order chi connectivity index (χ0) is 20.7. The summed E-state index contributed by atoms with van der Waals surface area (Å²) in [4.78, 5) is 35.1. The van der Waals surface area contributed by atoms with E-state index in [9.17, 15) is 14.4 Å². The number of benzene rings is 2. The number of esters is 1. The standard InChI is InChI=1S/C21H24N2O5/c1-13-8-9-16(10-14(13)2)15(3)23-19(24)11-28-20(25)12-27-18-7-5-4-6-17(18)21(22)26/h4-10,15H,11-12H2,1-3H3,(H2,22,26)(H,23,24)/t15-/m1/s1. The maximum atomic E-state index is 12.0. The van der Waals surface area contributed by atoms with Crippen molar-refractivity contribution in [2.45, 2.75) is 26.8 Å². The quantitative estimate of drug-likeness (QED) is 0.679. The van der Waals surface area contributed by atoms with Crippen molar-refractivity contribution in [1.82, 2.24) is 5.32 Å². The molecule has 0 fully saturated rings. The second-order valence-electron chi connectivity index (χ2n) is 6.44. The topological polar surface area (TPSA) is 108 Å². The van der Waals surface area contributed by atoms with Crippen LogP contribution in [0.1, 0.15) is 40.0 Å². The van der Waals surface area contributed by atoms with Crippen molar-refractivity contribution in [1.29, 1.82) is 0 Å². The fraction of sp³-hybridized carbons (Fsp3) is 0.286. The second-order valence-corrected chi connectivity index (χ2v) is 6.44. The lowest BCUT2D eigenvalue weighted by atomic mass is 10.0. The Bertz CT molecular complexity index is 879. The molecule has 0 unspecified atom stereocenters. The summed E-state index contributed by atoms with van der Waals surface area (Å²) in [5, 5.41) is 2.78. The largest absolute Gasteiger partial charge is 0.481 e. The smallest absolute Gasteiger partial charge is 0.344 e. The maximum Gasteiger partial charge on any atom is 0.344 e. The van der Waals surface area contributed by atoms with Gasteiger partial charge in [0.1, 0.15) is 5.75 Å². The highest BCUT2D eigenvalue weighted by Crippen LogP contribution is 2.18. The average molecular weight is 384 g/mol. The fourth-order valence-electron chi connectivity index (χ4n) is 2.52. The van der Waals surface area contributed by atoms with Gasteiger partial charge in [-0.15, -0.1) is 0 Å². The first kappa shape index (κ1) is 21.0. The van der Waals surface area contributed by atoms with Gasteiger partial charge < -0.3 is 20.5 Å². The molecule has 2 rings (SSSR count). The van der Waals surface area contributed by atoms with Crippen molar-refractivity contribution < 1.29 is 23.9 Å². The van der Waals surface area contributed by atoms with Crippen LogP contribution in [-0.4, -0.2) is 31.0 Å². The van der Waals surface area contributed by atoms with E-state index in [1.807, 2.05) is 39.0 Å². The van der Waals surface area contributed by atoms with Gasteiger partial charge in [0, 0.05) is 0 Å². The van der Waals surface area contributed by atoms with E-state index in [0.717, 1.165) is 11.1 Å². The Balaban J connectivity index is 1.80. The summed E-state index contributed by atoms with van der Waals surface area (Å²) in [7, 11) is 0. The van der Waals surface area contributed by atoms with E-state index in [1.54, 1.807) is 12.1 Å². The van der Waals surface area contributed by atoms with Crippen molar-refractivity contribution in [3.05, 3.63) is 64.7 Å². The number of primary amides is 1. The summed E-state index contributed by atoms with van der Waals surface area (Å²) in [5.41, 5.74) is 8.68. The second kappa shape index (κ2) is 9.55. The average Bonchev–Trinajstić information content (AvgIpc) is 2.66. The van der Waals surface area contributed by atoms with Gasteiger partial charge >= 0.3 is 5.97 Å². The van der Waals surface area contributed by atoms with Crippen LogP contribution in [0.4, 0.5) is 0 Å². The molecule has 0 radical (unpaired) electrons. The van der Waals surface area contributed by atoms with Gasteiger partial charge in [-0.25, -0.2) is 4.79 Å². The minimum absolute atomic E-state index is 0.162. The van der Waals surface area contributed by atoms with Gasteiger partial charge in [0.15, 0.2) is 13.2 Å². The van der Waals surface area contributed by atoms with Crippen LogP contribution in [0.2, 0.25) is 0 Å². The number of ether oxygens (including phenoxy) is 2. The molecule has 7 nitrogen and oxygen atoms in total. The van der Waals surface area contributed by atoms with E-state index in [2.05, 4.69) is 5.32 Å². The number of hydrogen-bond donors (Lipinski definition) is 2. The van der Waals surface area contributed by atoms with Gasteiger partial charge in [0.05, 0.1) is 11.6 Å². The maximum absolute atomic E-state index is 12.0. The van der Waals surface area contributed by atoms with Crippen molar-refractivity contribution in [3.8, 4) is 5.75 Å². The number of aryl methyl sites for hydroxylation is 2. The molecule has 0 aliphatic carbocycles. The lowest BCUT2D eigenvalue weighted by Gasteiger charge is -2.16. The van der Waals surface area contributed by atoms with E-state index in [-0.39, 0.29) is 17.4 Å². The molecule has 2 aromatic rings. The molecule has 0 saturated carbocycles. The van der Waals surface area contributed by atoms with Crippen LogP contribution in [0.5, 0.6) is 5.75 Å². The first-order valence-corrected chi connectivity index (χ1v) is 8.81. The lowest BCUT2D eigenvalue weighted by molar-refractivity contribution is -0.150. The Hall–Kier alpha value is -3.35. The first-order chi connectivity index (χ1) is 13.3. The highest BCUT2D eigenvalue weighted by molar-refractivity contribution is 5.95. The summed E-state index contributed by atoms with van der Waals surface area (Å²) in [5.74, 6) is -1.63. The van der Waals surface area contributed by atoms with Crippen LogP contribution in [0.15, 0.2) is 42.5 Å². The zero-order valence-corrected chi connectivity index (χ0v) is 16.2. The third-order valence-corrected chi connectivity index (χ3v) is 4.27. The van der Waals surface area contributed by atoms with Crippen LogP contribution in [0, 0.1) is 13.8 Å². The van der Waals surface area contributed by atoms with Crippen LogP contribution < -0.4 is 15.8 Å². The van der Waals surface area contributed by atoms with Crippen molar-refractivity contribution in [3.63, 3.8) is 0 Å². The van der Waals surface area contributed by atoms with E-state index in [0.29, 0.717) is 0 Å². The highest BCUT2D eigenvalue weighted by Gasteiger charge is 2.14. The van der Waals surface area contributed by atoms with E-state index >= 15 is 0 Å². The minimum atomic E-state index is -0.728. The predicted molar refractivity (Wildman–Crippen MR) is 104 cm³/mol. The fourth-order valence-corrected chi connectivity index (χ4v) is 2.52. The van der Waals surface area contributed by atoms with Gasteiger partial charge in [-0.2, -0.15) is 0 Å². The molecule has 1 atom stereocenters. The monoisotopic (exact) mass is 384 g/mol. The summed E-state index contributed by atoms with van der Waals surface area (Å²) in [6.07, 6.45) is 0. The molecule has 28 heavy (non-hydrogen) atoms. The number of carbonyl (C=O) groups is 3. The third-order valence-electron chi connectivity index (χ3n) is 4.27. The molecule has 148 valence electrons. The van der Waals surface area contributed by atoms with E-state index < -0.39 is 31.0 Å². The normalized spacial score (nSPS) is 11.4. The molecule has 0 heterocycles. The van der Waals surface area contributed by atoms with E-state index in [4.69, 9.17) is 15.2 Å².